The summed E-state index contributed by atoms with van der Waals surface area (Å²) in [5.41, 5.74) is 0. The fraction of sp³-hybridized carbons (Fsp3) is 0.400. The molecule has 2 rings (SSSR count). The fourth-order valence-electron chi connectivity index (χ4n) is 1.40. The van der Waals surface area contributed by atoms with Gasteiger partial charge in [-0.3, -0.25) is 4.18 Å². The molecule has 2 aromatic rings. The van der Waals surface area contributed by atoms with E-state index in [1.54, 1.807) is 29.3 Å². The molecule has 0 N–H and O–H groups in total. The summed E-state index contributed by atoms with van der Waals surface area (Å²) < 4.78 is 32.5. The number of nitrogens with zero attached hydrogens (tertiary/aromatic N) is 4. The van der Waals surface area contributed by atoms with Gasteiger partial charge in [0.1, 0.15) is 0 Å². The molecule has 0 saturated heterocycles. The molecule has 0 amide bonds. The SMILES string of the molecule is COS(=O)(=O)CCC[n+]1cc(-c2ncccn2)sn1. The van der Waals surface area contributed by atoms with Gasteiger partial charge in [0.2, 0.25) is 6.20 Å². The Bertz CT molecular complexity index is 627. The smallest absolute Gasteiger partial charge is 0.267 e. The zero-order valence-corrected chi connectivity index (χ0v) is 11.9. The Kier molecular flexibility index (Phi) is 4.51. The highest BCUT2D eigenvalue weighted by Crippen LogP contribution is 2.14. The molecule has 0 aliphatic rings. The quantitative estimate of drug-likeness (QED) is 0.562. The van der Waals surface area contributed by atoms with Crippen molar-refractivity contribution in [2.45, 2.75) is 13.0 Å². The third-order valence-electron chi connectivity index (χ3n) is 2.33. The average Bonchev–Trinajstić information content (AvgIpc) is 2.88. The number of aryl methyl sites for hydroxylation is 1. The van der Waals surface area contributed by atoms with Gasteiger partial charge in [-0.2, -0.15) is 8.42 Å². The van der Waals surface area contributed by atoms with Crippen molar-refractivity contribution in [3.05, 3.63) is 24.7 Å². The first kappa shape index (κ1) is 14.0. The Labute approximate surface area is 115 Å². The molecule has 0 bridgehead atoms. The second-order valence-corrected chi connectivity index (χ2v) is 6.33. The molecular formula is C10H13N4O3S2+. The van der Waals surface area contributed by atoms with E-state index < -0.39 is 10.1 Å². The lowest BCUT2D eigenvalue weighted by Gasteiger charge is -1.96. The molecule has 0 unspecified atom stereocenters. The first-order chi connectivity index (χ1) is 9.11. The molecule has 0 aliphatic carbocycles. The van der Waals surface area contributed by atoms with Gasteiger partial charge in [0, 0.05) is 30.3 Å². The Morgan fingerprint density at radius 1 is 1.37 bits per heavy atom. The van der Waals surface area contributed by atoms with E-state index in [1.807, 2.05) is 0 Å². The molecule has 0 radical (unpaired) electrons. The minimum atomic E-state index is -3.40. The summed E-state index contributed by atoms with van der Waals surface area (Å²) in [6, 6.07) is 1.74. The van der Waals surface area contributed by atoms with Crippen molar-refractivity contribution in [1.82, 2.24) is 14.5 Å². The summed E-state index contributed by atoms with van der Waals surface area (Å²) in [7, 11) is -2.23. The first-order valence-corrected chi connectivity index (χ1v) is 7.88. The van der Waals surface area contributed by atoms with Crippen molar-refractivity contribution < 1.29 is 17.3 Å². The van der Waals surface area contributed by atoms with Crippen LogP contribution >= 0.6 is 11.5 Å². The normalized spacial score (nSPS) is 11.6. The molecule has 0 fully saturated rings. The van der Waals surface area contributed by atoms with Crippen molar-refractivity contribution in [3.63, 3.8) is 0 Å². The Morgan fingerprint density at radius 2 is 2.11 bits per heavy atom. The Balaban J connectivity index is 1.95. The van der Waals surface area contributed by atoms with Gasteiger partial charge in [0.25, 0.3) is 10.1 Å². The maximum absolute atomic E-state index is 11.1. The molecule has 0 atom stereocenters. The van der Waals surface area contributed by atoms with Gasteiger partial charge >= 0.3 is 0 Å². The summed E-state index contributed by atoms with van der Waals surface area (Å²) in [6.45, 7) is 0.506. The average molecular weight is 301 g/mol. The van der Waals surface area contributed by atoms with Gasteiger partial charge in [0.05, 0.1) is 17.4 Å². The predicted molar refractivity (Wildman–Crippen MR) is 68.7 cm³/mol. The standard InChI is InChI=1S/C10H13N4O3S2/c1-17-19(15,16)7-3-6-14-8-9(18-13-14)10-11-4-2-5-12-10/h2,4-5,8H,3,6-7H2,1H3/q+1. The fourth-order valence-corrected chi connectivity index (χ4v) is 2.72. The van der Waals surface area contributed by atoms with Crippen LogP contribution in [-0.2, 0) is 20.8 Å². The van der Waals surface area contributed by atoms with Crippen molar-refractivity contribution in [3.8, 4) is 10.7 Å². The highest BCUT2D eigenvalue weighted by atomic mass is 32.2. The van der Waals surface area contributed by atoms with Gasteiger partial charge in [-0.05, 0) is 6.07 Å². The zero-order valence-electron chi connectivity index (χ0n) is 10.3. The highest BCUT2D eigenvalue weighted by Gasteiger charge is 2.15. The van der Waals surface area contributed by atoms with E-state index in [9.17, 15) is 8.42 Å². The van der Waals surface area contributed by atoms with Crippen LogP contribution in [0, 0.1) is 0 Å². The number of aromatic nitrogens is 4. The van der Waals surface area contributed by atoms with Crippen LogP contribution in [0.5, 0.6) is 0 Å². The summed E-state index contributed by atoms with van der Waals surface area (Å²) in [5, 5.41) is 0. The lowest BCUT2D eigenvalue weighted by molar-refractivity contribution is -0.745. The molecular weight excluding hydrogens is 288 g/mol. The molecule has 7 nitrogen and oxygen atoms in total. The molecule has 0 spiro atoms. The summed E-state index contributed by atoms with van der Waals surface area (Å²) in [6.07, 6.45) is 5.58. The number of hydrogen-bond donors (Lipinski definition) is 0. The van der Waals surface area contributed by atoms with Gasteiger partial charge < -0.3 is 0 Å². The van der Waals surface area contributed by atoms with E-state index in [1.165, 1.54) is 11.5 Å². The second kappa shape index (κ2) is 6.13. The van der Waals surface area contributed by atoms with E-state index >= 15 is 0 Å². The molecule has 19 heavy (non-hydrogen) atoms. The van der Waals surface area contributed by atoms with Crippen LogP contribution in [0.4, 0.5) is 0 Å². The third kappa shape index (κ3) is 4.01. The monoisotopic (exact) mass is 301 g/mol. The van der Waals surface area contributed by atoms with E-state index in [0.717, 1.165) is 12.0 Å². The summed E-state index contributed by atoms with van der Waals surface area (Å²) in [4.78, 5) is 9.09. The highest BCUT2D eigenvalue weighted by molar-refractivity contribution is 7.86. The van der Waals surface area contributed by atoms with Crippen LogP contribution in [0.3, 0.4) is 0 Å². The molecule has 0 aliphatic heterocycles. The van der Waals surface area contributed by atoms with Gasteiger partial charge in [-0.1, -0.05) is 4.68 Å². The maximum Gasteiger partial charge on any atom is 0.267 e. The second-order valence-electron chi connectivity index (χ2n) is 3.68. The summed E-state index contributed by atoms with van der Waals surface area (Å²) in [5.74, 6) is 0.592. The largest absolute Gasteiger partial charge is 0.273 e. The van der Waals surface area contributed by atoms with Crippen LogP contribution in [0.2, 0.25) is 0 Å². The van der Waals surface area contributed by atoms with E-state index in [4.69, 9.17) is 0 Å². The van der Waals surface area contributed by atoms with E-state index in [2.05, 4.69) is 18.6 Å². The lowest BCUT2D eigenvalue weighted by Crippen LogP contribution is -2.35. The minimum absolute atomic E-state index is 0.0226. The number of rotatable bonds is 6. The minimum Gasteiger partial charge on any atom is -0.273 e. The van der Waals surface area contributed by atoms with Crippen LogP contribution in [0.15, 0.2) is 24.7 Å². The van der Waals surface area contributed by atoms with Crippen LogP contribution in [0.1, 0.15) is 6.42 Å². The van der Waals surface area contributed by atoms with Crippen molar-refractivity contribution in [1.29, 1.82) is 0 Å². The molecule has 102 valence electrons. The molecule has 2 heterocycles. The van der Waals surface area contributed by atoms with Crippen molar-refractivity contribution in [2.75, 3.05) is 12.9 Å². The maximum atomic E-state index is 11.1. The van der Waals surface area contributed by atoms with E-state index in [0.29, 0.717) is 18.8 Å². The van der Waals surface area contributed by atoms with Gasteiger partial charge in [0.15, 0.2) is 17.2 Å². The van der Waals surface area contributed by atoms with Gasteiger partial charge in [-0.25, -0.2) is 9.97 Å². The Morgan fingerprint density at radius 3 is 2.79 bits per heavy atom. The predicted octanol–water partition coefficient (Wildman–Crippen LogP) is 0.254. The first-order valence-electron chi connectivity index (χ1n) is 5.53. The van der Waals surface area contributed by atoms with Gasteiger partial charge in [-0.15, -0.1) is 0 Å². The van der Waals surface area contributed by atoms with Crippen molar-refractivity contribution >= 4 is 21.7 Å². The Hall–Kier alpha value is -1.45. The van der Waals surface area contributed by atoms with E-state index in [-0.39, 0.29) is 5.75 Å². The zero-order chi connectivity index (χ0) is 13.7. The molecule has 9 heteroatoms. The lowest BCUT2D eigenvalue weighted by atomic mass is 10.4. The number of hydrogen-bond acceptors (Lipinski definition) is 7. The summed E-state index contributed by atoms with van der Waals surface area (Å²) >= 11 is 1.27. The molecule has 2 aromatic heterocycles. The topological polar surface area (TPSA) is 85.9 Å². The third-order valence-corrected chi connectivity index (χ3v) is 4.40. The van der Waals surface area contributed by atoms with Crippen molar-refractivity contribution in [2.24, 2.45) is 0 Å². The van der Waals surface area contributed by atoms with Crippen LogP contribution in [-0.4, -0.2) is 35.7 Å². The van der Waals surface area contributed by atoms with Crippen LogP contribution in [0.25, 0.3) is 10.7 Å². The molecule has 0 aromatic carbocycles. The van der Waals surface area contributed by atoms with Crippen LogP contribution < -0.4 is 4.68 Å². The molecule has 0 saturated carbocycles.